The molecule has 0 aromatic rings. The predicted molar refractivity (Wildman–Crippen MR) is 138 cm³/mol. The van der Waals surface area contributed by atoms with E-state index in [-0.39, 0.29) is 30.1 Å². The van der Waals surface area contributed by atoms with Crippen LogP contribution in [0.1, 0.15) is 77.6 Å². The van der Waals surface area contributed by atoms with Gasteiger partial charge in [-0.1, -0.05) is 45.4 Å². The highest BCUT2D eigenvalue weighted by molar-refractivity contribution is 6.08. The largest absolute Gasteiger partial charge is 0.371 e. The maximum atomic E-state index is 14.1. The van der Waals surface area contributed by atoms with Gasteiger partial charge in [-0.15, -0.1) is 0 Å². The number of imide groups is 2. The topological polar surface area (TPSA) is 128 Å². The van der Waals surface area contributed by atoms with Gasteiger partial charge in [0.25, 0.3) is 11.8 Å². The Morgan fingerprint density at radius 1 is 0.800 bits per heavy atom. The number of hydrogen-bond donors (Lipinski definition) is 0. The molecule has 0 aromatic carbocycles. The molecule has 5 saturated heterocycles. The minimum atomic E-state index is -1.02. The molecule has 2 spiro atoms. The molecule has 5 atom stereocenters. The maximum Gasteiger partial charge on any atom is 0.330 e. The zero-order valence-electron chi connectivity index (χ0n) is 23.3. The van der Waals surface area contributed by atoms with Crippen molar-refractivity contribution >= 4 is 23.9 Å². The molecule has 40 heavy (non-hydrogen) atoms. The molecule has 5 heterocycles. The number of amides is 6. The van der Waals surface area contributed by atoms with Gasteiger partial charge in [-0.2, -0.15) is 0 Å². The van der Waals surface area contributed by atoms with E-state index in [0.717, 1.165) is 38.5 Å². The van der Waals surface area contributed by atoms with Crippen LogP contribution in [-0.4, -0.2) is 118 Å². The van der Waals surface area contributed by atoms with Crippen LogP contribution in [0.4, 0.5) is 9.59 Å². The van der Waals surface area contributed by atoms with Crippen LogP contribution >= 0.6 is 0 Å². The summed E-state index contributed by atoms with van der Waals surface area (Å²) in [7, 11) is 0. The standard InChI is InChI=1S/C28H40N4O8/c1-2-13-37-21(31-23(33)27(9-5-3-6-10-27)29(25(31)35)14-18-16-38-18)20-22(40-20)32-24(34)28(11-7-4-8-12-28)30(26(32)36)15-19-17-39-19/h18-22H,2-17H2,1H3. The molecule has 12 nitrogen and oxygen atoms in total. The average Bonchev–Trinajstić information content (AvgIpc) is 3.84. The molecule has 5 aliphatic heterocycles. The highest BCUT2D eigenvalue weighted by atomic mass is 16.6. The number of hydrogen-bond acceptors (Lipinski definition) is 8. The van der Waals surface area contributed by atoms with Crippen molar-refractivity contribution in [3.8, 4) is 0 Å². The van der Waals surface area contributed by atoms with E-state index < -0.39 is 35.7 Å². The van der Waals surface area contributed by atoms with Gasteiger partial charge in [0.15, 0.2) is 18.6 Å². The van der Waals surface area contributed by atoms with Gasteiger partial charge in [0.1, 0.15) is 11.1 Å². The fraction of sp³-hybridized carbons (Fsp3) is 0.857. The maximum absolute atomic E-state index is 14.1. The summed E-state index contributed by atoms with van der Waals surface area (Å²) in [5.74, 6) is -0.501. The minimum absolute atomic E-state index is 0.0417. The van der Waals surface area contributed by atoms with Gasteiger partial charge in [0.05, 0.1) is 38.5 Å². The number of ether oxygens (including phenoxy) is 4. The fourth-order valence-electron chi connectivity index (χ4n) is 7.52. The molecular weight excluding hydrogens is 520 g/mol. The molecular formula is C28H40N4O8. The smallest absolute Gasteiger partial charge is 0.330 e. The van der Waals surface area contributed by atoms with Gasteiger partial charge in [-0.05, 0) is 32.1 Å². The molecule has 2 aliphatic carbocycles. The average molecular weight is 561 g/mol. The van der Waals surface area contributed by atoms with E-state index in [9.17, 15) is 19.2 Å². The van der Waals surface area contributed by atoms with Gasteiger partial charge < -0.3 is 28.7 Å². The van der Waals surface area contributed by atoms with Gasteiger partial charge in [-0.25, -0.2) is 19.4 Å². The summed E-state index contributed by atoms with van der Waals surface area (Å²) in [6, 6.07) is -0.771. The number of carbonyl (C=O) groups excluding carboxylic acids is 4. The monoisotopic (exact) mass is 560 g/mol. The molecule has 2 saturated carbocycles. The normalized spacial score (nSPS) is 34.9. The number of carbonyl (C=O) groups is 4. The lowest BCUT2D eigenvalue weighted by Crippen LogP contribution is -2.53. The zero-order chi connectivity index (χ0) is 27.6. The van der Waals surface area contributed by atoms with Crippen LogP contribution in [0.5, 0.6) is 0 Å². The number of urea groups is 2. The Labute approximate surface area is 234 Å². The summed E-state index contributed by atoms with van der Waals surface area (Å²) in [5, 5.41) is 0. The van der Waals surface area contributed by atoms with E-state index in [0.29, 0.717) is 65.0 Å². The summed E-state index contributed by atoms with van der Waals surface area (Å²) < 4.78 is 23.0. The van der Waals surface area contributed by atoms with Crippen molar-refractivity contribution in [2.75, 3.05) is 32.9 Å². The van der Waals surface area contributed by atoms with Crippen LogP contribution in [0.2, 0.25) is 0 Å². The lowest BCUT2D eigenvalue weighted by Gasteiger charge is -2.38. The molecule has 6 amide bonds. The zero-order valence-corrected chi connectivity index (χ0v) is 23.3. The quantitative estimate of drug-likeness (QED) is 0.294. The van der Waals surface area contributed by atoms with Crippen molar-refractivity contribution in [1.82, 2.24) is 19.6 Å². The van der Waals surface area contributed by atoms with E-state index in [1.54, 1.807) is 9.80 Å². The van der Waals surface area contributed by atoms with E-state index >= 15 is 0 Å². The molecule has 0 N–H and O–H groups in total. The van der Waals surface area contributed by atoms with Crippen molar-refractivity contribution in [3.05, 3.63) is 0 Å². The highest BCUT2D eigenvalue weighted by Gasteiger charge is 2.68. The lowest BCUT2D eigenvalue weighted by atomic mass is 9.80. The molecule has 7 rings (SSSR count). The van der Waals surface area contributed by atoms with E-state index in [2.05, 4.69) is 0 Å². The molecule has 220 valence electrons. The fourth-order valence-corrected chi connectivity index (χ4v) is 7.52. The Hall–Kier alpha value is -2.28. The van der Waals surface area contributed by atoms with Gasteiger partial charge >= 0.3 is 12.1 Å². The van der Waals surface area contributed by atoms with Crippen molar-refractivity contribution in [2.45, 2.75) is 119 Å². The van der Waals surface area contributed by atoms with Gasteiger partial charge in [0.2, 0.25) is 0 Å². The van der Waals surface area contributed by atoms with Gasteiger partial charge in [-0.3, -0.25) is 9.59 Å². The first kappa shape index (κ1) is 26.6. The van der Waals surface area contributed by atoms with Crippen molar-refractivity contribution in [1.29, 1.82) is 0 Å². The first-order chi connectivity index (χ1) is 19.4. The van der Waals surface area contributed by atoms with Crippen molar-refractivity contribution in [2.24, 2.45) is 0 Å². The van der Waals surface area contributed by atoms with Crippen LogP contribution in [0.25, 0.3) is 0 Å². The van der Waals surface area contributed by atoms with E-state index in [1.807, 2.05) is 6.92 Å². The lowest BCUT2D eigenvalue weighted by molar-refractivity contribution is -0.145. The number of nitrogens with zero attached hydrogens (tertiary/aromatic N) is 4. The molecule has 0 bridgehead atoms. The molecule has 5 unspecified atom stereocenters. The van der Waals surface area contributed by atoms with Crippen molar-refractivity contribution < 1.29 is 38.1 Å². The molecule has 7 fully saturated rings. The summed E-state index contributed by atoms with van der Waals surface area (Å²) in [5.41, 5.74) is -1.77. The van der Waals surface area contributed by atoms with E-state index in [4.69, 9.17) is 18.9 Å². The van der Waals surface area contributed by atoms with Crippen LogP contribution in [0.15, 0.2) is 0 Å². The Bertz CT molecular complexity index is 1060. The summed E-state index contributed by atoms with van der Waals surface area (Å²) in [6.45, 7) is 4.20. The molecule has 12 heteroatoms. The summed E-state index contributed by atoms with van der Waals surface area (Å²) in [4.78, 5) is 61.7. The van der Waals surface area contributed by atoms with E-state index in [1.165, 1.54) is 9.80 Å². The summed E-state index contributed by atoms with van der Waals surface area (Å²) in [6.07, 6.45) is 5.94. The van der Waals surface area contributed by atoms with Crippen LogP contribution in [0.3, 0.4) is 0 Å². The van der Waals surface area contributed by atoms with Crippen molar-refractivity contribution in [3.63, 3.8) is 0 Å². The molecule has 0 radical (unpaired) electrons. The predicted octanol–water partition coefficient (Wildman–Crippen LogP) is 2.20. The number of rotatable bonds is 10. The minimum Gasteiger partial charge on any atom is -0.371 e. The molecule has 7 aliphatic rings. The first-order valence-electron chi connectivity index (χ1n) is 15.2. The second-order valence-electron chi connectivity index (χ2n) is 12.5. The van der Waals surface area contributed by atoms with Gasteiger partial charge in [0, 0.05) is 6.61 Å². The Morgan fingerprint density at radius 3 is 1.85 bits per heavy atom. The number of epoxide rings is 3. The Morgan fingerprint density at radius 2 is 1.32 bits per heavy atom. The second-order valence-corrected chi connectivity index (χ2v) is 12.5. The summed E-state index contributed by atoms with van der Waals surface area (Å²) >= 11 is 0. The Kier molecular flexibility index (Phi) is 6.60. The SMILES string of the molecule is CCCOC(C1OC1N1C(=O)N(CC2CO2)C2(CCCCC2)C1=O)N1C(=O)N(CC2CO2)C2(CCCCC2)C1=O. The third kappa shape index (κ3) is 4.16. The first-order valence-corrected chi connectivity index (χ1v) is 15.2. The van der Waals surface area contributed by atoms with Crippen LogP contribution in [0, 0.1) is 0 Å². The third-order valence-corrected chi connectivity index (χ3v) is 9.86. The highest BCUT2D eigenvalue weighted by Crippen LogP contribution is 2.48. The second kappa shape index (κ2) is 9.92. The van der Waals surface area contributed by atoms with Crippen LogP contribution < -0.4 is 0 Å². The molecule has 0 aromatic heterocycles. The third-order valence-electron chi connectivity index (χ3n) is 9.86. The van der Waals surface area contributed by atoms with Crippen LogP contribution in [-0.2, 0) is 28.5 Å². The Balaban J connectivity index is 1.16.